The average Bonchev–Trinajstić information content (AvgIpc) is 3.03. The van der Waals surface area contributed by atoms with Gasteiger partial charge in [-0.3, -0.25) is 10.1 Å². The molecule has 0 aromatic heterocycles. The maximum absolute atomic E-state index is 10.8. The van der Waals surface area contributed by atoms with Crippen molar-refractivity contribution in [2.45, 2.75) is 58.2 Å². The van der Waals surface area contributed by atoms with E-state index in [1.54, 1.807) is 12.1 Å². The Morgan fingerprint density at radius 1 is 0.619 bits per heavy atom. The van der Waals surface area contributed by atoms with Crippen molar-refractivity contribution in [1.82, 2.24) is 0 Å². The first-order valence-corrected chi connectivity index (χ1v) is 14.8. The van der Waals surface area contributed by atoms with E-state index in [9.17, 15) is 10.1 Å². The first-order chi connectivity index (χ1) is 20.7. The smallest absolute Gasteiger partial charge is 0.269 e. The summed E-state index contributed by atoms with van der Waals surface area (Å²) in [6.07, 6.45) is 9.23. The zero-order valence-electron chi connectivity index (χ0n) is 24.2. The Morgan fingerprint density at radius 2 is 1.19 bits per heavy atom. The molecule has 42 heavy (non-hydrogen) atoms. The van der Waals surface area contributed by atoms with E-state index in [1.807, 2.05) is 54.6 Å². The van der Waals surface area contributed by atoms with Crippen LogP contribution in [0, 0.1) is 16.5 Å². The summed E-state index contributed by atoms with van der Waals surface area (Å²) in [5.41, 5.74) is 4.70. The molecule has 0 spiro atoms. The van der Waals surface area contributed by atoms with Gasteiger partial charge in [0.15, 0.2) is 0 Å². The molecule has 4 aromatic rings. The molecule has 0 aliphatic heterocycles. The van der Waals surface area contributed by atoms with Gasteiger partial charge in [0.25, 0.3) is 5.69 Å². The Morgan fingerprint density at radius 3 is 1.76 bits per heavy atom. The number of nitro benzene ring substituents is 1. The lowest BCUT2D eigenvalue weighted by Crippen LogP contribution is -2.00. The van der Waals surface area contributed by atoms with Crippen LogP contribution in [0.15, 0.2) is 103 Å². The van der Waals surface area contributed by atoms with E-state index in [-0.39, 0.29) is 10.6 Å². The maximum atomic E-state index is 10.8. The first kappa shape index (κ1) is 30.8. The van der Waals surface area contributed by atoms with Crippen LogP contribution in [0.1, 0.15) is 54.4 Å². The van der Waals surface area contributed by atoms with Crippen molar-refractivity contribution in [2.24, 2.45) is 0 Å². The molecule has 0 atom stereocenters. The Balaban J connectivity index is 1.13. The summed E-state index contributed by atoms with van der Waals surface area (Å²) in [7, 11) is 0. The minimum Gasteiger partial charge on any atom is -0.489 e. The predicted molar refractivity (Wildman–Crippen MR) is 167 cm³/mol. The predicted octanol–water partition coefficient (Wildman–Crippen LogP) is 8.71. The fourth-order valence-corrected chi connectivity index (χ4v) is 4.58. The lowest BCUT2D eigenvalue weighted by Gasteiger charge is -2.13. The Labute approximate surface area is 249 Å². The number of hydrogen-bond donors (Lipinski definition) is 0. The third-order valence-corrected chi connectivity index (χ3v) is 6.91. The molecular weight excluding hydrogens is 526 g/mol. The third-order valence-electron chi connectivity index (χ3n) is 6.91. The van der Waals surface area contributed by atoms with Crippen molar-refractivity contribution in [1.29, 1.82) is 0 Å². The van der Waals surface area contributed by atoms with E-state index < -0.39 is 0 Å². The van der Waals surface area contributed by atoms with E-state index in [4.69, 9.17) is 14.2 Å². The van der Waals surface area contributed by atoms with Crippen LogP contribution in [-0.2, 0) is 30.8 Å². The molecule has 1 radical (unpaired) electrons. The highest BCUT2D eigenvalue weighted by molar-refractivity contribution is 5.39. The van der Waals surface area contributed by atoms with Crippen LogP contribution in [0.2, 0.25) is 0 Å². The quantitative estimate of drug-likeness (QED) is 0.0645. The van der Waals surface area contributed by atoms with Crippen molar-refractivity contribution < 1.29 is 19.1 Å². The molecule has 0 aliphatic rings. The third kappa shape index (κ3) is 11.4. The zero-order chi connectivity index (χ0) is 29.2. The molecule has 0 heterocycles. The molecule has 0 fully saturated rings. The number of ether oxygens (including phenoxy) is 3. The highest BCUT2D eigenvalue weighted by Gasteiger charge is 2.06. The Kier molecular flexibility index (Phi) is 12.9. The molecule has 0 aliphatic carbocycles. The van der Waals surface area contributed by atoms with Gasteiger partial charge >= 0.3 is 0 Å². The summed E-state index contributed by atoms with van der Waals surface area (Å²) in [5.74, 6) is 1.63. The van der Waals surface area contributed by atoms with Gasteiger partial charge in [0.05, 0.1) is 4.92 Å². The molecule has 4 rings (SSSR count). The lowest BCUT2D eigenvalue weighted by atomic mass is 10.1. The van der Waals surface area contributed by atoms with Crippen LogP contribution >= 0.6 is 0 Å². The van der Waals surface area contributed by atoms with E-state index >= 15 is 0 Å². The summed E-state index contributed by atoms with van der Waals surface area (Å²) in [4.78, 5) is 10.4. The molecule has 0 saturated heterocycles. The fourth-order valence-electron chi connectivity index (χ4n) is 4.58. The second-order valence-corrected chi connectivity index (χ2v) is 10.3. The monoisotopic (exact) mass is 566 g/mol. The molecule has 6 heteroatoms. The zero-order valence-corrected chi connectivity index (χ0v) is 24.2. The number of hydrogen-bond acceptors (Lipinski definition) is 5. The van der Waals surface area contributed by atoms with Gasteiger partial charge in [-0.25, -0.2) is 0 Å². The molecule has 0 saturated carbocycles. The largest absolute Gasteiger partial charge is 0.489 e. The second kappa shape index (κ2) is 17.6. The summed E-state index contributed by atoms with van der Waals surface area (Å²) in [6.45, 7) is 2.55. The standard InChI is InChI=1S/C36H40NO5/c38-37(39)34-21-19-30(20-22-34)13-10-12-24-40-23-11-2-1-5-18-33-25-35(41-28-31-14-6-3-7-15-31)27-36(26-33)42-29-32-16-8-4-9-17-32/h3-9,14-17,19-22,25-27H,1-2,10-13,18,23-24,28-29H2. The number of non-ortho nitro benzene ring substituents is 1. The highest BCUT2D eigenvalue weighted by atomic mass is 16.6. The second-order valence-electron chi connectivity index (χ2n) is 10.3. The Bertz CT molecular complexity index is 1260. The van der Waals surface area contributed by atoms with E-state index in [0.717, 1.165) is 86.3 Å². The molecule has 219 valence electrons. The molecular formula is C36H40NO5. The minimum atomic E-state index is -0.366. The summed E-state index contributed by atoms with van der Waals surface area (Å²) < 4.78 is 18.1. The summed E-state index contributed by atoms with van der Waals surface area (Å²) >= 11 is 0. The van der Waals surface area contributed by atoms with Crippen LogP contribution in [0.4, 0.5) is 5.69 Å². The van der Waals surface area contributed by atoms with Gasteiger partial charge in [0.2, 0.25) is 0 Å². The first-order valence-electron chi connectivity index (χ1n) is 14.8. The van der Waals surface area contributed by atoms with Crippen molar-refractivity contribution in [3.05, 3.63) is 142 Å². The van der Waals surface area contributed by atoms with Gasteiger partial charge in [0.1, 0.15) is 24.7 Å². The number of unbranched alkanes of at least 4 members (excludes halogenated alkanes) is 4. The van der Waals surface area contributed by atoms with Crippen molar-refractivity contribution >= 4 is 5.69 Å². The molecule has 0 amide bonds. The number of nitro groups is 1. The van der Waals surface area contributed by atoms with Gasteiger partial charge in [-0.05, 0) is 79.3 Å². The van der Waals surface area contributed by atoms with Crippen LogP contribution in [0.3, 0.4) is 0 Å². The molecule has 4 aromatic carbocycles. The molecule has 6 nitrogen and oxygen atoms in total. The van der Waals surface area contributed by atoms with Crippen molar-refractivity contribution in [3.8, 4) is 11.5 Å². The van der Waals surface area contributed by atoms with Crippen molar-refractivity contribution in [3.63, 3.8) is 0 Å². The molecule has 0 unspecified atom stereocenters. The number of nitrogens with zero attached hydrogens (tertiary/aromatic N) is 1. The van der Waals surface area contributed by atoms with Crippen LogP contribution in [0.5, 0.6) is 11.5 Å². The highest BCUT2D eigenvalue weighted by Crippen LogP contribution is 2.26. The molecule has 0 bridgehead atoms. The SMILES string of the molecule is O=[N+]([O-])c1ccc(CCCCOCCCC[CH]Cc2cc(OCc3ccccc3)cc(OCc3ccccc3)c2)cc1. The van der Waals surface area contributed by atoms with Crippen LogP contribution < -0.4 is 9.47 Å². The number of rotatable bonds is 19. The van der Waals surface area contributed by atoms with E-state index in [0.29, 0.717) is 13.2 Å². The maximum Gasteiger partial charge on any atom is 0.269 e. The summed E-state index contributed by atoms with van der Waals surface area (Å²) in [6, 6.07) is 33.4. The van der Waals surface area contributed by atoms with Gasteiger partial charge in [0, 0.05) is 31.4 Å². The van der Waals surface area contributed by atoms with E-state index in [2.05, 4.69) is 42.8 Å². The minimum absolute atomic E-state index is 0.137. The molecule has 0 N–H and O–H groups in total. The van der Waals surface area contributed by atoms with Crippen LogP contribution in [0.25, 0.3) is 0 Å². The number of aryl methyl sites for hydroxylation is 1. The lowest BCUT2D eigenvalue weighted by molar-refractivity contribution is -0.384. The Hall–Kier alpha value is -4.16. The van der Waals surface area contributed by atoms with Gasteiger partial charge in [-0.15, -0.1) is 0 Å². The van der Waals surface area contributed by atoms with E-state index in [1.165, 1.54) is 5.56 Å². The fraction of sp³-hybridized carbons (Fsp3) is 0.306. The summed E-state index contributed by atoms with van der Waals surface area (Å²) in [5, 5.41) is 10.8. The van der Waals surface area contributed by atoms with Gasteiger partial charge in [-0.1, -0.05) is 79.2 Å². The van der Waals surface area contributed by atoms with Crippen molar-refractivity contribution in [2.75, 3.05) is 13.2 Å². The van der Waals surface area contributed by atoms with Gasteiger partial charge in [-0.2, -0.15) is 0 Å². The topological polar surface area (TPSA) is 70.8 Å². The van der Waals surface area contributed by atoms with Crippen LogP contribution in [-0.4, -0.2) is 18.1 Å². The van der Waals surface area contributed by atoms with Gasteiger partial charge < -0.3 is 14.2 Å². The average molecular weight is 567 g/mol. The normalized spacial score (nSPS) is 10.9. The number of benzene rings is 4.